The molecule has 0 rings (SSSR count). The van der Waals surface area contributed by atoms with E-state index in [0.717, 1.165) is 89.9 Å². The minimum atomic E-state index is -0.781. The first kappa shape index (κ1) is 72.6. The number of hydrogen-bond acceptors (Lipinski definition) is 6. The van der Waals surface area contributed by atoms with Crippen molar-refractivity contribution in [3.63, 3.8) is 0 Å². The fraction of sp³-hybridized carbons (Fsp3) is 0.870. The summed E-state index contributed by atoms with van der Waals surface area (Å²) in [6, 6.07) is 0. The molecule has 0 spiro atoms. The lowest BCUT2D eigenvalue weighted by molar-refractivity contribution is -0.167. The molecule has 0 amide bonds. The van der Waals surface area contributed by atoms with Gasteiger partial charge in [-0.25, -0.2) is 0 Å². The van der Waals surface area contributed by atoms with E-state index in [1.54, 1.807) is 0 Å². The van der Waals surface area contributed by atoms with Gasteiger partial charge in [-0.3, -0.25) is 14.4 Å². The lowest BCUT2D eigenvalue weighted by atomic mass is 10.0. The number of ether oxygens (including phenoxy) is 3. The quantitative estimate of drug-likeness (QED) is 0.0261. The fourth-order valence-electron chi connectivity index (χ4n) is 10.0. The Kier molecular flexibility index (Phi) is 62.1. The average Bonchev–Trinajstić information content (AvgIpc) is 3.41. The van der Waals surface area contributed by atoms with Gasteiger partial charge in [0.25, 0.3) is 0 Å². The van der Waals surface area contributed by atoms with Crippen LogP contribution in [0.3, 0.4) is 0 Å². The summed E-state index contributed by atoms with van der Waals surface area (Å²) in [4.78, 5) is 38.2. The number of carbonyl (C=O) groups is 3. The maximum absolute atomic E-state index is 12.9. The minimum absolute atomic E-state index is 0.0768. The van der Waals surface area contributed by atoms with Crippen LogP contribution in [0.4, 0.5) is 0 Å². The average molecular weight is 1050 g/mol. The van der Waals surface area contributed by atoms with E-state index < -0.39 is 6.10 Å². The maximum atomic E-state index is 12.9. The number of allylic oxidation sites excluding steroid dienone is 6. The molecule has 0 N–H and O–H groups in total. The molecule has 0 aliphatic rings. The van der Waals surface area contributed by atoms with Crippen molar-refractivity contribution < 1.29 is 28.6 Å². The largest absolute Gasteiger partial charge is 0.462 e. The third kappa shape index (κ3) is 62.4. The first-order chi connectivity index (χ1) is 37.0. The normalized spacial score (nSPS) is 12.2. The van der Waals surface area contributed by atoms with E-state index in [2.05, 4.69) is 57.2 Å². The molecule has 75 heavy (non-hydrogen) atoms. The molecular weight excluding hydrogens is 925 g/mol. The molecular formula is C69H128O6. The number of esters is 3. The predicted octanol–water partition coefficient (Wildman–Crippen LogP) is 22.8. The van der Waals surface area contributed by atoms with Crippen molar-refractivity contribution in [3.8, 4) is 0 Å². The van der Waals surface area contributed by atoms with E-state index in [4.69, 9.17) is 14.2 Å². The summed E-state index contributed by atoms with van der Waals surface area (Å²) in [7, 11) is 0. The van der Waals surface area contributed by atoms with Gasteiger partial charge in [0.1, 0.15) is 13.2 Å². The summed E-state index contributed by atoms with van der Waals surface area (Å²) in [5.41, 5.74) is 0. The Labute approximate surface area is 467 Å². The highest BCUT2D eigenvalue weighted by Crippen LogP contribution is 2.18. The standard InChI is InChI=1S/C69H128O6/c1-4-7-10-13-16-19-22-24-26-28-29-30-31-32-33-34-35-36-37-38-39-40-41-43-44-47-50-53-56-59-62-68(71)74-65-66(64-73-67(70)61-58-55-52-49-46-21-18-15-12-9-6-3)75-69(72)63-60-57-54-51-48-45-42-27-25-23-20-17-14-11-8-5-2/h15,18,20,23,27,42,66H,4-14,16-17,19,21-22,24-26,28-41,43-65H2,1-3H3/b18-15-,23-20-,42-27-. The fourth-order valence-corrected chi connectivity index (χ4v) is 10.0. The smallest absolute Gasteiger partial charge is 0.306 e. The summed E-state index contributed by atoms with van der Waals surface area (Å²) >= 11 is 0. The number of hydrogen-bond donors (Lipinski definition) is 0. The molecule has 0 heterocycles. The van der Waals surface area contributed by atoms with E-state index in [9.17, 15) is 14.4 Å². The van der Waals surface area contributed by atoms with Gasteiger partial charge in [0.15, 0.2) is 6.10 Å². The molecule has 0 fully saturated rings. The Bertz CT molecular complexity index is 1250. The molecule has 1 unspecified atom stereocenters. The van der Waals surface area contributed by atoms with Gasteiger partial charge in [-0.1, -0.05) is 314 Å². The van der Waals surface area contributed by atoms with Gasteiger partial charge in [-0.05, 0) is 70.6 Å². The molecule has 0 saturated heterocycles. The first-order valence-electron chi connectivity index (χ1n) is 33.5. The van der Waals surface area contributed by atoms with Crippen molar-refractivity contribution in [2.24, 2.45) is 0 Å². The summed E-state index contributed by atoms with van der Waals surface area (Å²) < 4.78 is 16.9. The first-order valence-corrected chi connectivity index (χ1v) is 33.5. The van der Waals surface area contributed by atoms with Crippen LogP contribution in [0, 0.1) is 0 Å². The van der Waals surface area contributed by atoms with Crippen molar-refractivity contribution in [1.29, 1.82) is 0 Å². The maximum Gasteiger partial charge on any atom is 0.306 e. The second-order valence-corrected chi connectivity index (χ2v) is 22.7. The SMILES string of the molecule is CCCC/C=C\CCCCCCCC(=O)OCC(COC(=O)CCCCCCCCCCCCCCCCCCCCCCCCCCCCCCCC)OC(=O)CCCCCCC/C=C\C/C=C\CCCCCC. The molecule has 6 heteroatoms. The lowest BCUT2D eigenvalue weighted by Crippen LogP contribution is -2.30. The van der Waals surface area contributed by atoms with Crippen molar-refractivity contribution in [2.75, 3.05) is 13.2 Å². The summed E-state index contributed by atoms with van der Waals surface area (Å²) in [6.45, 7) is 6.62. The lowest BCUT2D eigenvalue weighted by Gasteiger charge is -2.18. The molecule has 0 aliphatic carbocycles. The Morgan fingerprint density at radius 3 is 0.800 bits per heavy atom. The number of unbranched alkanes of at least 4 members (excludes halogenated alkanes) is 45. The molecule has 440 valence electrons. The van der Waals surface area contributed by atoms with Gasteiger partial charge < -0.3 is 14.2 Å². The van der Waals surface area contributed by atoms with Crippen LogP contribution >= 0.6 is 0 Å². The van der Waals surface area contributed by atoms with Gasteiger partial charge in [0.2, 0.25) is 0 Å². The highest BCUT2D eigenvalue weighted by atomic mass is 16.6. The van der Waals surface area contributed by atoms with Crippen molar-refractivity contribution in [3.05, 3.63) is 36.5 Å². The van der Waals surface area contributed by atoms with E-state index in [1.807, 2.05) is 0 Å². The van der Waals surface area contributed by atoms with Gasteiger partial charge in [0.05, 0.1) is 0 Å². The monoisotopic (exact) mass is 1050 g/mol. The van der Waals surface area contributed by atoms with E-state index in [-0.39, 0.29) is 31.1 Å². The van der Waals surface area contributed by atoms with Gasteiger partial charge >= 0.3 is 17.9 Å². The van der Waals surface area contributed by atoms with E-state index in [1.165, 1.54) is 238 Å². The second-order valence-electron chi connectivity index (χ2n) is 22.7. The van der Waals surface area contributed by atoms with Crippen LogP contribution in [0.2, 0.25) is 0 Å². The summed E-state index contributed by atoms with van der Waals surface area (Å²) in [5.74, 6) is -0.880. The van der Waals surface area contributed by atoms with Crippen LogP contribution < -0.4 is 0 Å². The number of rotatable bonds is 62. The molecule has 0 aliphatic heterocycles. The zero-order chi connectivity index (χ0) is 54.3. The van der Waals surface area contributed by atoms with Crippen LogP contribution in [0.5, 0.6) is 0 Å². The predicted molar refractivity (Wildman–Crippen MR) is 326 cm³/mol. The number of carbonyl (C=O) groups excluding carboxylic acids is 3. The van der Waals surface area contributed by atoms with Gasteiger partial charge in [0, 0.05) is 19.3 Å². The molecule has 0 saturated carbocycles. The van der Waals surface area contributed by atoms with Crippen LogP contribution in [-0.4, -0.2) is 37.2 Å². The molecule has 0 aromatic carbocycles. The van der Waals surface area contributed by atoms with Crippen LogP contribution in [0.1, 0.15) is 367 Å². The Morgan fingerprint density at radius 1 is 0.267 bits per heavy atom. The van der Waals surface area contributed by atoms with Gasteiger partial charge in [-0.15, -0.1) is 0 Å². The van der Waals surface area contributed by atoms with Crippen LogP contribution in [0.25, 0.3) is 0 Å². The van der Waals surface area contributed by atoms with Crippen LogP contribution in [0.15, 0.2) is 36.5 Å². The minimum Gasteiger partial charge on any atom is -0.462 e. The van der Waals surface area contributed by atoms with Crippen molar-refractivity contribution in [1.82, 2.24) is 0 Å². The molecule has 6 nitrogen and oxygen atoms in total. The van der Waals surface area contributed by atoms with Crippen molar-refractivity contribution in [2.45, 2.75) is 374 Å². The highest BCUT2D eigenvalue weighted by molar-refractivity contribution is 5.71. The highest BCUT2D eigenvalue weighted by Gasteiger charge is 2.19. The zero-order valence-electron chi connectivity index (χ0n) is 50.6. The molecule has 0 aromatic rings. The summed E-state index contributed by atoms with van der Waals surface area (Å²) in [6.07, 6.45) is 79.0. The van der Waals surface area contributed by atoms with Crippen molar-refractivity contribution >= 4 is 17.9 Å². The third-order valence-corrected chi connectivity index (χ3v) is 15.1. The Hall–Kier alpha value is -2.37. The molecule has 0 radical (unpaired) electrons. The molecule has 0 aromatic heterocycles. The molecule has 1 atom stereocenters. The topological polar surface area (TPSA) is 78.9 Å². The van der Waals surface area contributed by atoms with E-state index >= 15 is 0 Å². The molecule has 0 bridgehead atoms. The second kappa shape index (κ2) is 64.2. The Morgan fingerprint density at radius 2 is 0.493 bits per heavy atom. The van der Waals surface area contributed by atoms with Crippen LogP contribution in [-0.2, 0) is 28.6 Å². The van der Waals surface area contributed by atoms with E-state index in [0.29, 0.717) is 19.3 Å². The third-order valence-electron chi connectivity index (χ3n) is 15.1. The van der Waals surface area contributed by atoms with Gasteiger partial charge in [-0.2, -0.15) is 0 Å². The Balaban J connectivity index is 4.11. The zero-order valence-corrected chi connectivity index (χ0v) is 50.6. The summed E-state index contributed by atoms with van der Waals surface area (Å²) in [5, 5.41) is 0.